The van der Waals surface area contributed by atoms with Crippen LogP contribution in [0.2, 0.25) is 0 Å². The normalized spacial score (nSPS) is 11.0. The molecule has 2 N–H and O–H groups in total. The Morgan fingerprint density at radius 3 is 2.68 bits per heavy atom. The molecule has 0 atom stereocenters. The second-order valence-electron chi connectivity index (χ2n) is 6.54. The van der Waals surface area contributed by atoms with E-state index in [1.54, 1.807) is 18.6 Å². The number of aromatic amines is 1. The molecule has 2 aromatic carbocycles. The summed E-state index contributed by atoms with van der Waals surface area (Å²) in [4.78, 5) is 23.0. The van der Waals surface area contributed by atoms with Crippen molar-refractivity contribution in [2.45, 2.75) is 0 Å². The topological polar surface area (TPSA) is 70.7 Å². The van der Waals surface area contributed by atoms with Crippen molar-refractivity contribution in [1.82, 2.24) is 15.0 Å². The predicted molar refractivity (Wildman–Crippen MR) is 113 cm³/mol. The largest absolute Gasteiger partial charge is 0.340 e. The summed E-state index contributed by atoms with van der Waals surface area (Å²) < 4.78 is 0. The van der Waals surface area contributed by atoms with Crippen LogP contribution < -0.4 is 10.9 Å². The summed E-state index contributed by atoms with van der Waals surface area (Å²) in [5, 5.41) is 6.58. The zero-order valence-corrected chi connectivity index (χ0v) is 14.9. The third-order valence-corrected chi connectivity index (χ3v) is 4.77. The van der Waals surface area contributed by atoms with Gasteiger partial charge in [-0.2, -0.15) is 0 Å². The van der Waals surface area contributed by atoms with Crippen molar-refractivity contribution in [2.24, 2.45) is 0 Å². The van der Waals surface area contributed by atoms with Gasteiger partial charge < -0.3 is 10.3 Å². The average molecular weight is 364 g/mol. The monoisotopic (exact) mass is 364 g/mol. The molecule has 5 aromatic rings. The van der Waals surface area contributed by atoms with Crippen molar-refractivity contribution >= 4 is 33.2 Å². The first-order valence-electron chi connectivity index (χ1n) is 8.97. The number of fused-ring (bicyclic) bond motifs is 2. The summed E-state index contributed by atoms with van der Waals surface area (Å²) in [5.41, 5.74) is 3.80. The lowest BCUT2D eigenvalue weighted by molar-refractivity contribution is 1.24. The van der Waals surface area contributed by atoms with Crippen LogP contribution in [0.15, 0.2) is 90.1 Å². The molecule has 0 amide bonds. The van der Waals surface area contributed by atoms with Crippen molar-refractivity contribution in [1.29, 1.82) is 0 Å². The SMILES string of the molecule is O=c1ccc(-c2cccc3c(Nc4ccc5ncccc5c4)nccc23)c[nH]1. The maximum absolute atomic E-state index is 11.4. The lowest BCUT2D eigenvalue weighted by atomic mass is 10.0. The van der Waals surface area contributed by atoms with Gasteiger partial charge in [0.15, 0.2) is 0 Å². The van der Waals surface area contributed by atoms with E-state index in [1.807, 2.05) is 54.6 Å². The Hall–Kier alpha value is -3.99. The van der Waals surface area contributed by atoms with Crippen LogP contribution in [0.5, 0.6) is 0 Å². The van der Waals surface area contributed by atoms with Gasteiger partial charge in [-0.25, -0.2) is 4.98 Å². The lowest BCUT2D eigenvalue weighted by Crippen LogP contribution is -2.01. The fourth-order valence-corrected chi connectivity index (χ4v) is 3.43. The van der Waals surface area contributed by atoms with E-state index in [4.69, 9.17) is 0 Å². The molecular weight excluding hydrogens is 348 g/mol. The molecule has 0 bridgehead atoms. The van der Waals surface area contributed by atoms with Gasteiger partial charge in [0.05, 0.1) is 5.52 Å². The van der Waals surface area contributed by atoms with Crippen LogP contribution in [0, 0.1) is 0 Å². The zero-order valence-electron chi connectivity index (χ0n) is 14.9. The molecular formula is C23H16N4O. The fraction of sp³-hybridized carbons (Fsp3) is 0. The summed E-state index contributed by atoms with van der Waals surface area (Å²) in [5.74, 6) is 0.784. The average Bonchev–Trinajstić information content (AvgIpc) is 2.74. The van der Waals surface area contributed by atoms with Gasteiger partial charge in [0.25, 0.3) is 0 Å². The van der Waals surface area contributed by atoms with Gasteiger partial charge in [-0.1, -0.05) is 24.3 Å². The number of nitrogens with one attached hydrogen (secondary N) is 2. The Balaban J connectivity index is 1.60. The highest BCUT2D eigenvalue weighted by atomic mass is 16.1. The molecule has 3 heterocycles. The van der Waals surface area contributed by atoms with Gasteiger partial charge in [0.2, 0.25) is 5.56 Å². The van der Waals surface area contributed by atoms with Crippen molar-refractivity contribution in [2.75, 3.05) is 5.32 Å². The molecule has 5 nitrogen and oxygen atoms in total. The number of H-pyrrole nitrogens is 1. The van der Waals surface area contributed by atoms with Crippen LogP contribution in [0.3, 0.4) is 0 Å². The van der Waals surface area contributed by atoms with E-state index >= 15 is 0 Å². The molecule has 0 fully saturated rings. The van der Waals surface area contributed by atoms with Crippen LogP contribution >= 0.6 is 0 Å². The van der Waals surface area contributed by atoms with E-state index in [0.29, 0.717) is 0 Å². The number of anilines is 2. The van der Waals surface area contributed by atoms with Crippen molar-refractivity contribution in [3.63, 3.8) is 0 Å². The second kappa shape index (κ2) is 6.63. The number of rotatable bonds is 3. The Kier molecular flexibility index (Phi) is 3.84. The molecule has 0 aliphatic heterocycles. The van der Waals surface area contributed by atoms with Gasteiger partial charge in [-0.05, 0) is 52.9 Å². The van der Waals surface area contributed by atoms with Crippen molar-refractivity contribution in [3.8, 4) is 11.1 Å². The number of pyridine rings is 3. The highest BCUT2D eigenvalue weighted by Gasteiger charge is 2.09. The molecule has 5 heteroatoms. The quantitative estimate of drug-likeness (QED) is 0.478. The highest BCUT2D eigenvalue weighted by molar-refractivity contribution is 6.02. The van der Waals surface area contributed by atoms with Gasteiger partial charge in [0, 0.05) is 41.1 Å². The van der Waals surface area contributed by atoms with E-state index in [9.17, 15) is 4.79 Å². The summed E-state index contributed by atoms with van der Waals surface area (Å²) in [6, 6.07) is 21.5. The molecule has 0 aliphatic carbocycles. The maximum atomic E-state index is 11.4. The first kappa shape index (κ1) is 16.2. The molecule has 0 radical (unpaired) electrons. The summed E-state index contributed by atoms with van der Waals surface area (Å²) in [7, 11) is 0. The van der Waals surface area contributed by atoms with E-state index in [0.717, 1.165) is 44.3 Å². The number of nitrogens with zero attached hydrogens (tertiary/aromatic N) is 2. The van der Waals surface area contributed by atoms with Gasteiger partial charge in [-0.3, -0.25) is 9.78 Å². The number of hydrogen-bond acceptors (Lipinski definition) is 4. The predicted octanol–water partition coefficient (Wildman–Crippen LogP) is 4.88. The zero-order chi connectivity index (χ0) is 18.9. The van der Waals surface area contributed by atoms with Gasteiger partial charge in [-0.15, -0.1) is 0 Å². The summed E-state index contributed by atoms with van der Waals surface area (Å²) >= 11 is 0. The Labute approximate surface area is 160 Å². The van der Waals surface area contributed by atoms with Gasteiger partial charge in [0.1, 0.15) is 5.82 Å². The van der Waals surface area contributed by atoms with Crippen LogP contribution in [0.4, 0.5) is 11.5 Å². The minimum absolute atomic E-state index is 0.112. The molecule has 0 aliphatic rings. The molecule has 0 saturated carbocycles. The first-order chi connectivity index (χ1) is 13.8. The van der Waals surface area contributed by atoms with Crippen LogP contribution in [-0.4, -0.2) is 15.0 Å². The van der Waals surface area contributed by atoms with Crippen molar-refractivity contribution < 1.29 is 0 Å². The Bertz CT molecular complexity index is 1350. The molecule has 134 valence electrons. The lowest BCUT2D eigenvalue weighted by Gasteiger charge is -2.12. The number of benzene rings is 2. The fourth-order valence-electron chi connectivity index (χ4n) is 3.43. The molecule has 5 rings (SSSR count). The molecule has 0 spiro atoms. The molecule has 0 unspecified atom stereocenters. The number of hydrogen-bond donors (Lipinski definition) is 2. The number of aromatic nitrogens is 3. The van der Waals surface area contributed by atoms with Gasteiger partial charge >= 0.3 is 0 Å². The van der Waals surface area contributed by atoms with E-state index in [-0.39, 0.29) is 5.56 Å². The second-order valence-corrected chi connectivity index (χ2v) is 6.54. The molecule has 0 saturated heterocycles. The third-order valence-electron chi connectivity index (χ3n) is 4.77. The third kappa shape index (κ3) is 2.89. The minimum Gasteiger partial charge on any atom is -0.340 e. The highest BCUT2D eigenvalue weighted by Crippen LogP contribution is 2.32. The first-order valence-corrected chi connectivity index (χ1v) is 8.97. The van der Waals surface area contributed by atoms with Crippen LogP contribution in [0.25, 0.3) is 32.8 Å². The molecule has 3 aromatic heterocycles. The Morgan fingerprint density at radius 1 is 0.821 bits per heavy atom. The van der Waals surface area contributed by atoms with Crippen molar-refractivity contribution in [3.05, 3.63) is 95.7 Å². The molecule has 28 heavy (non-hydrogen) atoms. The summed E-state index contributed by atoms with van der Waals surface area (Å²) in [6.07, 6.45) is 5.32. The minimum atomic E-state index is -0.112. The standard InChI is InChI=1S/C23H16N4O/c28-22-9-6-16(14-26-22)18-4-1-5-20-19(18)10-12-25-23(20)27-17-7-8-21-15(13-17)3-2-11-24-21/h1-14H,(H,25,27)(H,26,28). The van der Waals surface area contributed by atoms with Crippen LogP contribution in [0.1, 0.15) is 0 Å². The van der Waals surface area contributed by atoms with E-state index < -0.39 is 0 Å². The van der Waals surface area contributed by atoms with E-state index in [2.05, 4.69) is 26.3 Å². The Morgan fingerprint density at radius 2 is 1.79 bits per heavy atom. The smallest absolute Gasteiger partial charge is 0.247 e. The summed E-state index contributed by atoms with van der Waals surface area (Å²) in [6.45, 7) is 0. The van der Waals surface area contributed by atoms with Crippen LogP contribution in [-0.2, 0) is 0 Å². The van der Waals surface area contributed by atoms with E-state index in [1.165, 1.54) is 6.07 Å². The maximum Gasteiger partial charge on any atom is 0.247 e.